The highest BCUT2D eigenvalue weighted by molar-refractivity contribution is 7.22. The molecule has 1 aromatic heterocycles. The molecule has 1 aliphatic rings. The fraction of sp³-hybridized carbons (Fsp3) is 0.385. The number of unbranched alkanes of at least 4 members (excludes halogenated alkanes) is 1. The van der Waals surface area contributed by atoms with Gasteiger partial charge in [0.2, 0.25) is 0 Å². The molecule has 1 fully saturated rings. The molecule has 0 radical (unpaired) electrons. The van der Waals surface area contributed by atoms with E-state index in [4.69, 9.17) is 10.5 Å². The molecule has 10 heteroatoms. The minimum absolute atomic E-state index is 0.0318. The van der Waals surface area contributed by atoms with Crippen LogP contribution in [0.4, 0.5) is 9.93 Å². The fourth-order valence-electron chi connectivity index (χ4n) is 4.30. The number of amides is 2. The lowest BCUT2D eigenvalue weighted by molar-refractivity contribution is -0.137. The van der Waals surface area contributed by atoms with Crippen molar-refractivity contribution < 1.29 is 19.1 Å². The van der Waals surface area contributed by atoms with Crippen LogP contribution < -0.4 is 11.1 Å². The smallest absolute Gasteiger partial charge is 0.375 e. The van der Waals surface area contributed by atoms with Crippen molar-refractivity contribution in [1.82, 2.24) is 14.8 Å². The molecule has 1 saturated heterocycles. The van der Waals surface area contributed by atoms with Gasteiger partial charge in [-0.2, -0.15) is 0 Å². The lowest BCUT2D eigenvalue weighted by Gasteiger charge is -2.40. The lowest BCUT2D eigenvalue weighted by atomic mass is 10.0. The summed E-state index contributed by atoms with van der Waals surface area (Å²) in [5.74, 6) is -0.914. The number of anilines is 1. The Morgan fingerprint density at radius 1 is 1.14 bits per heavy atom. The maximum Gasteiger partial charge on any atom is 0.417 e. The molecule has 1 aliphatic heterocycles. The van der Waals surface area contributed by atoms with Gasteiger partial charge in [0.15, 0.2) is 5.13 Å². The SMILES string of the molecule is CCCCC1CN(Cc2ccc(C(=O)Nc3nc4ccccc4s3)cc2)CCN1C(=O)OC(=O)CN. The first-order chi connectivity index (χ1) is 17.5. The number of nitrogens with two attached hydrogens (primary N) is 1. The van der Waals surface area contributed by atoms with Crippen LogP contribution in [0.25, 0.3) is 10.2 Å². The van der Waals surface area contributed by atoms with Crippen LogP contribution >= 0.6 is 11.3 Å². The standard InChI is InChI=1S/C26H31N5O4S/c1-2-3-6-20-17-30(13-14-31(20)26(34)35-23(32)15-27)16-18-9-11-19(12-10-18)24(33)29-25-28-21-7-4-5-8-22(21)36-25/h4-5,7-12,20H,2-3,6,13-17,27H2,1H3,(H,28,29,33). The number of hydrogen-bond acceptors (Lipinski definition) is 8. The molecular weight excluding hydrogens is 478 g/mol. The third kappa shape index (κ3) is 6.45. The topological polar surface area (TPSA) is 118 Å². The molecular formula is C26H31N5O4S. The summed E-state index contributed by atoms with van der Waals surface area (Å²) in [6.07, 6.45) is 2.21. The van der Waals surface area contributed by atoms with Crippen LogP contribution in [0.2, 0.25) is 0 Å². The predicted molar refractivity (Wildman–Crippen MR) is 140 cm³/mol. The van der Waals surface area contributed by atoms with Crippen LogP contribution in [0.3, 0.4) is 0 Å². The van der Waals surface area contributed by atoms with Gasteiger partial charge in [-0.1, -0.05) is 55.4 Å². The zero-order valence-electron chi connectivity index (χ0n) is 20.3. The van der Waals surface area contributed by atoms with Gasteiger partial charge in [-0.05, 0) is 36.2 Å². The van der Waals surface area contributed by atoms with Crippen molar-refractivity contribution in [2.24, 2.45) is 5.73 Å². The largest absolute Gasteiger partial charge is 0.417 e. The number of para-hydroxylation sites is 1. The minimum atomic E-state index is -0.719. The lowest BCUT2D eigenvalue weighted by Crippen LogP contribution is -2.55. The molecule has 0 bridgehead atoms. The van der Waals surface area contributed by atoms with Crippen LogP contribution in [-0.4, -0.2) is 65.0 Å². The number of nitrogens with one attached hydrogen (secondary N) is 1. The fourth-order valence-corrected chi connectivity index (χ4v) is 5.16. The quantitative estimate of drug-likeness (QED) is 0.350. The van der Waals surface area contributed by atoms with Gasteiger partial charge >= 0.3 is 12.1 Å². The number of carbonyl (C=O) groups is 3. The first-order valence-electron chi connectivity index (χ1n) is 12.2. The highest BCUT2D eigenvalue weighted by Crippen LogP contribution is 2.26. The van der Waals surface area contributed by atoms with Gasteiger partial charge in [-0.25, -0.2) is 9.78 Å². The number of hydrogen-bond donors (Lipinski definition) is 2. The number of ether oxygens (including phenoxy) is 1. The van der Waals surface area contributed by atoms with Gasteiger partial charge in [-0.15, -0.1) is 0 Å². The second-order valence-corrected chi connectivity index (χ2v) is 9.84. The average Bonchev–Trinajstić information content (AvgIpc) is 3.30. The Kier molecular flexibility index (Phi) is 8.63. The van der Waals surface area contributed by atoms with Crippen molar-refractivity contribution in [3.05, 3.63) is 59.7 Å². The van der Waals surface area contributed by atoms with Crippen molar-refractivity contribution in [3.63, 3.8) is 0 Å². The highest BCUT2D eigenvalue weighted by atomic mass is 32.1. The summed E-state index contributed by atoms with van der Waals surface area (Å²) in [6.45, 7) is 4.32. The summed E-state index contributed by atoms with van der Waals surface area (Å²) < 4.78 is 5.89. The number of fused-ring (bicyclic) bond motifs is 1. The Labute approximate surface area is 214 Å². The van der Waals surface area contributed by atoms with Crippen LogP contribution in [0, 0.1) is 0 Å². The summed E-state index contributed by atoms with van der Waals surface area (Å²) in [6, 6.07) is 15.3. The van der Waals surface area contributed by atoms with Crippen LogP contribution in [-0.2, 0) is 16.1 Å². The molecule has 2 amide bonds. The molecule has 1 atom stereocenters. The van der Waals surface area contributed by atoms with Crippen LogP contribution in [0.5, 0.6) is 0 Å². The molecule has 0 aliphatic carbocycles. The van der Waals surface area contributed by atoms with Crippen molar-refractivity contribution >= 4 is 44.7 Å². The Bertz CT molecular complexity index is 1180. The van der Waals surface area contributed by atoms with Crippen LogP contribution in [0.15, 0.2) is 48.5 Å². The van der Waals surface area contributed by atoms with E-state index in [0.717, 1.165) is 35.0 Å². The second-order valence-electron chi connectivity index (χ2n) is 8.81. The van der Waals surface area contributed by atoms with E-state index in [9.17, 15) is 14.4 Å². The zero-order valence-corrected chi connectivity index (χ0v) is 21.1. The Morgan fingerprint density at radius 2 is 1.92 bits per heavy atom. The van der Waals surface area contributed by atoms with Gasteiger partial charge in [0.05, 0.1) is 16.8 Å². The third-order valence-electron chi connectivity index (χ3n) is 6.20. The second kappa shape index (κ2) is 12.1. The number of thiazole rings is 1. The highest BCUT2D eigenvalue weighted by Gasteiger charge is 2.32. The van der Waals surface area contributed by atoms with E-state index in [2.05, 4.69) is 22.1 Å². The molecule has 36 heavy (non-hydrogen) atoms. The molecule has 2 aromatic carbocycles. The van der Waals surface area contributed by atoms with E-state index in [0.29, 0.717) is 36.9 Å². The third-order valence-corrected chi connectivity index (χ3v) is 7.15. The van der Waals surface area contributed by atoms with Crippen molar-refractivity contribution in [1.29, 1.82) is 0 Å². The number of piperazine rings is 1. The molecule has 2 heterocycles. The van der Waals surface area contributed by atoms with E-state index in [1.165, 1.54) is 11.3 Å². The molecule has 9 nitrogen and oxygen atoms in total. The Hall–Kier alpha value is -3.34. The first-order valence-corrected chi connectivity index (χ1v) is 13.0. The monoisotopic (exact) mass is 509 g/mol. The number of carbonyl (C=O) groups excluding carboxylic acids is 3. The number of benzene rings is 2. The Morgan fingerprint density at radius 3 is 2.64 bits per heavy atom. The van der Waals surface area contributed by atoms with Gasteiger partial charge in [0, 0.05) is 37.8 Å². The zero-order chi connectivity index (χ0) is 25.5. The Balaban J connectivity index is 1.34. The molecule has 190 valence electrons. The number of aromatic nitrogens is 1. The average molecular weight is 510 g/mol. The summed E-state index contributed by atoms with van der Waals surface area (Å²) in [5, 5.41) is 3.46. The molecule has 3 N–H and O–H groups in total. The summed E-state index contributed by atoms with van der Waals surface area (Å²) in [7, 11) is 0. The first kappa shape index (κ1) is 25.7. The number of esters is 1. The maximum atomic E-state index is 12.7. The van der Waals surface area contributed by atoms with E-state index in [1.807, 2.05) is 48.5 Å². The van der Waals surface area contributed by atoms with E-state index in [-0.39, 0.29) is 18.5 Å². The van der Waals surface area contributed by atoms with Gasteiger partial charge in [-0.3, -0.25) is 19.8 Å². The van der Waals surface area contributed by atoms with Crippen molar-refractivity contribution in [2.75, 3.05) is 31.5 Å². The van der Waals surface area contributed by atoms with Gasteiger partial charge in [0.25, 0.3) is 5.91 Å². The van der Waals surface area contributed by atoms with Gasteiger partial charge < -0.3 is 15.4 Å². The maximum absolute atomic E-state index is 12.7. The molecule has 0 saturated carbocycles. The summed E-state index contributed by atoms with van der Waals surface area (Å²) >= 11 is 1.45. The van der Waals surface area contributed by atoms with Crippen LogP contribution in [0.1, 0.15) is 42.1 Å². The van der Waals surface area contributed by atoms with E-state index < -0.39 is 12.1 Å². The summed E-state index contributed by atoms with van der Waals surface area (Å²) in [4.78, 5) is 45.0. The number of nitrogens with zero attached hydrogens (tertiary/aromatic N) is 3. The number of rotatable bonds is 8. The molecule has 4 rings (SSSR count). The molecule has 1 unspecified atom stereocenters. The predicted octanol–water partition coefficient (Wildman–Crippen LogP) is 3.85. The van der Waals surface area contributed by atoms with Crippen molar-refractivity contribution in [2.45, 2.75) is 38.8 Å². The minimum Gasteiger partial charge on any atom is -0.375 e. The van der Waals surface area contributed by atoms with E-state index >= 15 is 0 Å². The molecule has 0 spiro atoms. The van der Waals surface area contributed by atoms with Gasteiger partial charge in [0.1, 0.15) is 0 Å². The normalized spacial score (nSPS) is 16.2. The molecule has 3 aromatic rings. The van der Waals surface area contributed by atoms with Crippen molar-refractivity contribution in [3.8, 4) is 0 Å². The van der Waals surface area contributed by atoms with E-state index in [1.54, 1.807) is 4.90 Å². The summed E-state index contributed by atoms with van der Waals surface area (Å²) in [5.41, 5.74) is 7.79.